The molecule has 0 fully saturated rings. The van der Waals surface area contributed by atoms with Crippen molar-refractivity contribution in [2.45, 2.75) is 6.92 Å². The van der Waals surface area contributed by atoms with Gasteiger partial charge in [-0.2, -0.15) is 10.4 Å². The Labute approximate surface area is 123 Å². The van der Waals surface area contributed by atoms with Crippen molar-refractivity contribution in [1.82, 2.24) is 0 Å². The van der Waals surface area contributed by atoms with Crippen molar-refractivity contribution in [1.29, 1.82) is 10.7 Å². The van der Waals surface area contributed by atoms with Crippen molar-refractivity contribution >= 4 is 17.2 Å². The summed E-state index contributed by atoms with van der Waals surface area (Å²) in [5.41, 5.74) is 12.0. The highest BCUT2D eigenvalue weighted by Crippen LogP contribution is 2.22. The molecule has 0 radical (unpaired) electrons. The summed E-state index contributed by atoms with van der Waals surface area (Å²) in [5, 5.41) is 19.7. The molecule has 0 saturated heterocycles. The summed E-state index contributed by atoms with van der Waals surface area (Å²) in [7, 11) is 0. The van der Waals surface area contributed by atoms with E-state index in [-0.39, 0.29) is 11.5 Å². The Morgan fingerprint density at radius 3 is 2.48 bits per heavy atom. The minimum atomic E-state index is -0.360. The Balaban J connectivity index is 2.17. The quantitative estimate of drug-likeness (QED) is 0.455. The first-order valence-corrected chi connectivity index (χ1v) is 6.35. The maximum Gasteiger partial charge on any atom is 0.201 e. The number of amidine groups is 1. The third kappa shape index (κ3) is 3.67. The lowest BCUT2D eigenvalue weighted by Gasteiger charge is -2.05. The van der Waals surface area contributed by atoms with Crippen molar-refractivity contribution < 1.29 is 0 Å². The molecule has 104 valence electrons. The number of nitrogens with zero attached hydrogens (tertiary/aromatic N) is 2. The molecular weight excluding hydrogens is 262 g/mol. The van der Waals surface area contributed by atoms with E-state index in [1.165, 1.54) is 5.56 Å². The van der Waals surface area contributed by atoms with E-state index >= 15 is 0 Å². The standard InChI is InChI=1S/C16H15N5/c1-11-3-2-4-13(9-11)12-5-7-14(8-6-12)20-21-15(10-17)16(18)19/h2-9,20H,1H3,(H3,18,19)/b21-15+. The number of nitrogens with one attached hydrogen (secondary N) is 2. The number of hydrazone groups is 1. The summed E-state index contributed by atoms with van der Waals surface area (Å²) in [4.78, 5) is 0. The van der Waals surface area contributed by atoms with Crippen molar-refractivity contribution in [3.05, 3.63) is 54.1 Å². The van der Waals surface area contributed by atoms with Gasteiger partial charge in [-0.05, 0) is 30.2 Å². The molecule has 0 aliphatic carbocycles. The Morgan fingerprint density at radius 1 is 1.19 bits per heavy atom. The molecule has 0 spiro atoms. The number of nitrogens with two attached hydrogens (primary N) is 1. The number of hydrogen-bond donors (Lipinski definition) is 3. The van der Waals surface area contributed by atoms with Gasteiger partial charge in [0.05, 0.1) is 5.69 Å². The van der Waals surface area contributed by atoms with E-state index in [0.717, 1.165) is 16.8 Å². The van der Waals surface area contributed by atoms with E-state index in [9.17, 15) is 0 Å². The fraction of sp³-hybridized carbons (Fsp3) is 0.0625. The highest BCUT2D eigenvalue weighted by molar-refractivity contribution is 6.45. The van der Waals surface area contributed by atoms with E-state index in [4.69, 9.17) is 16.4 Å². The average Bonchev–Trinajstić information content (AvgIpc) is 2.48. The second kappa shape index (κ2) is 6.35. The fourth-order valence-electron chi connectivity index (χ4n) is 1.83. The largest absolute Gasteiger partial charge is 0.382 e. The van der Waals surface area contributed by atoms with Crippen molar-refractivity contribution in [2.24, 2.45) is 10.8 Å². The van der Waals surface area contributed by atoms with Crippen LogP contribution in [0.1, 0.15) is 5.56 Å². The Morgan fingerprint density at radius 2 is 1.90 bits per heavy atom. The van der Waals surface area contributed by atoms with Gasteiger partial charge in [-0.3, -0.25) is 10.8 Å². The number of anilines is 1. The Kier molecular flexibility index (Phi) is 4.32. The van der Waals surface area contributed by atoms with E-state index in [0.29, 0.717) is 0 Å². The van der Waals surface area contributed by atoms with Crippen LogP contribution < -0.4 is 11.2 Å². The van der Waals surface area contributed by atoms with Crippen LogP contribution in [0.4, 0.5) is 5.69 Å². The van der Waals surface area contributed by atoms with E-state index in [1.807, 2.05) is 30.3 Å². The normalized spacial score (nSPS) is 10.8. The maximum absolute atomic E-state index is 8.75. The van der Waals surface area contributed by atoms with Crippen LogP contribution in [0, 0.1) is 23.7 Å². The molecule has 0 atom stereocenters. The van der Waals surface area contributed by atoms with Crippen molar-refractivity contribution in [3.8, 4) is 17.2 Å². The van der Waals surface area contributed by atoms with Crippen LogP contribution in [0.15, 0.2) is 53.6 Å². The third-order valence-corrected chi connectivity index (χ3v) is 2.89. The van der Waals surface area contributed by atoms with Gasteiger partial charge in [-0.15, -0.1) is 0 Å². The number of hydrogen-bond acceptors (Lipinski definition) is 4. The summed E-state index contributed by atoms with van der Waals surface area (Å²) in [6.07, 6.45) is 0. The molecule has 5 nitrogen and oxygen atoms in total. The second-order valence-electron chi connectivity index (χ2n) is 4.54. The summed E-state index contributed by atoms with van der Waals surface area (Å²) in [6, 6.07) is 17.6. The lowest BCUT2D eigenvalue weighted by Crippen LogP contribution is -2.21. The van der Waals surface area contributed by atoms with Gasteiger partial charge in [0.2, 0.25) is 5.71 Å². The Bertz CT molecular complexity index is 723. The summed E-state index contributed by atoms with van der Waals surface area (Å²) in [5.74, 6) is -0.360. The maximum atomic E-state index is 8.75. The zero-order valence-corrected chi connectivity index (χ0v) is 11.6. The summed E-state index contributed by atoms with van der Waals surface area (Å²) in [6.45, 7) is 2.05. The topological polar surface area (TPSA) is 98.0 Å². The van der Waals surface area contributed by atoms with Crippen LogP contribution in [0.25, 0.3) is 11.1 Å². The Hall–Kier alpha value is -3.13. The molecule has 0 heterocycles. The van der Waals surface area contributed by atoms with Gasteiger partial charge in [0, 0.05) is 0 Å². The molecule has 0 amide bonds. The molecule has 0 aliphatic heterocycles. The third-order valence-electron chi connectivity index (χ3n) is 2.89. The molecule has 4 N–H and O–H groups in total. The average molecular weight is 277 g/mol. The van der Waals surface area contributed by atoms with Gasteiger partial charge >= 0.3 is 0 Å². The molecule has 2 rings (SSSR count). The zero-order valence-electron chi connectivity index (χ0n) is 11.6. The van der Waals surface area contributed by atoms with E-state index in [1.54, 1.807) is 6.07 Å². The number of aryl methyl sites for hydroxylation is 1. The molecule has 2 aromatic carbocycles. The molecule has 0 unspecified atom stereocenters. The number of nitriles is 1. The van der Waals surface area contributed by atoms with Gasteiger partial charge in [-0.25, -0.2) is 0 Å². The van der Waals surface area contributed by atoms with Crippen LogP contribution in [0.5, 0.6) is 0 Å². The highest BCUT2D eigenvalue weighted by atomic mass is 15.3. The molecule has 2 aromatic rings. The van der Waals surface area contributed by atoms with Crippen LogP contribution in [-0.4, -0.2) is 11.5 Å². The van der Waals surface area contributed by atoms with Crippen LogP contribution in [0.3, 0.4) is 0 Å². The van der Waals surface area contributed by atoms with Gasteiger partial charge in [-0.1, -0.05) is 42.0 Å². The van der Waals surface area contributed by atoms with Crippen LogP contribution in [-0.2, 0) is 0 Å². The molecule has 0 saturated carbocycles. The lowest BCUT2D eigenvalue weighted by molar-refractivity contribution is 1.33. The first-order chi connectivity index (χ1) is 10.1. The van der Waals surface area contributed by atoms with E-state index < -0.39 is 0 Å². The summed E-state index contributed by atoms with van der Waals surface area (Å²) < 4.78 is 0. The lowest BCUT2D eigenvalue weighted by atomic mass is 10.0. The molecule has 0 aromatic heterocycles. The van der Waals surface area contributed by atoms with Crippen LogP contribution >= 0.6 is 0 Å². The van der Waals surface area contributed by atoms with Gasteiger partial charge < -0.3 is 5.73 Å². The van der Waals surface area contributed by atoms with Gasteiger partial charge in [0.25, 0.3) is 0 Å². The predicted molar refractivity (Wildman–Crippen MR) is 85.2 cm³/mol. The minimum Gasteiger partial charge on any atom is -0.382 e. The molecule has 5 heteroatoms. The monoisotopic (exact) mass is 277 g/mol. The fourth-order valence-corrected chi connectivity index (χ4v) is 1.83. The van der Waals surface area contributed by atoms with Gasteiger partial charge in [0.15, 0.2) is 5.84 Å². The first kappa shape index (κ1) is 14.3. The van der Waals surface area contributed by atoms with Crippen molar-refractivity contribution in [2.75, 3.05) is 5.43 Å². The zero-order chi connectivity index (χ0) is 15.2. The molecule has 0 bridgehead atoms. The molecular formula is C16H15N5. The molecule has 21 heavy (non-hydrogen) atoms. The SMILES string of the molecule is Cc1cccc(-c2ccc(N/N=C(\C#N)C(=N)N)cc2)c1. The minimum absolute atomic E-state index is 0.141. The second-order valence-corrected chi connectivity index (χ2v) is 4.54. The number of benzene rings is 2. The van der Waals surface area contributed by atoms with Crippen molar-refractivity contribution in [3.63, 3.8) is 0 Å². The molecule has 0 aliphatic rings. The van der Waals surface area contributed by atoms with E-state index in [2.05, 4.69) is 35.7 Å². The first-order valence-electron chi connectivity index (χ1n) is 6.35. The summed E-state index contributed by atoms with van der Waals surface area (Å²) >= 11 is 0. The predicted octanol–water partition coefficient (Wildman–Crippen LogP) is 2.89. The van der Waals surface area contributed by atoms with Gasteiger partial charge in [0.1, 0.15) is 6.07 Å². The number of rotatable bonds is 4. The smallest absolute Gasteiger partial charge is 0.201 e. The van der Waals surface area contributed by atoms with Crippen LogP contribution in [0.2, 0.25) is 0 Å². The highest BCUT2D eigenvalue weighted by Gasteiger charge is 2.01.